The van der Waals surface area contributed by atoms with Crippen LogP contribution >= 0.6 is 0 Å². The Morgan fingerprint density at radius 2 is 1.50 bits per heavy atom. The molecular weight excluding hydrogens is 688 g/mol. The van der Waals surface area contributed by atoms with Crippen LogP contribution in [0.25, 0.3) is 0 Å². The van der Waals surface area contributed by atoms with Crippen LogP contribution < -0.4 is 34.8 Å². The summed E-state index contributed by atoms with van der Waals surface area (Å²) >= 11 is 0. The molecule has 0 aliphatic carbocycles. The number of urea groups is 1. The zero-order valence-electron chi connectivity index (χ0n) is 31.7. The Kier molecular flexibility index (Phi) is 11.5. The number of carbonyl (C=O) groups excluding carboxylic acids is 3. The first-order valence-corrected chi connectivity index (χ1v) is 18.0. The molecule has 3 amide bonds. The van der Waals surface area contributed by atoms with E-state index in [2.05, 4.69) is 25.4 Å². The van der Waals surface area contributed by atoms with Crippen molar-refractivity contribution in [2.24, 2.45) is 0 Å². The van der Waals surface area contributed by atoms with Gasteiger partial charge in [0, 0.05) is 79.6 Å². The number of piperazine rings is 1. The molecule has 0 saturated carbocycles. The van der Waals surface area contributed by atoms with E-state index in [1.807, 2.05) is 69.3 Å². The van der Waals surface area contributed by atoms with Gasteiger partial charge in [0.25, 0.3) is 0 Å². The summed E-state index contributed by atoms with van der Waals surface area (Å²) in [7, 11) is 3.13. The van der Waals surface area contributed by atoms with Crippen LogP contribution in [0.5, 0.6) is 11.5 Å². The van der Waals surface area contributed by atoms with Gasteiger partial charge in [0.05, 0.1) is 39.5 Å². The lowest BCUT2D eigenvalue weighted by molar-refractivity contribution is -0.156. The molecule has 2 aliphatic heterocycles. The number of methoxy groups -OCH3 is 2. The minimum atomic E-state index is -0.494. The highest BCUT2D eigenvalue weighted by Gasteiger charge is 2.34. The summed E-state index contributed by atoms with van der Waals surface area (Å²) in [5.74, 6) is 1.68. The Labute approximate surface area is 316 Å². The molecule has 4 aromatic rings. The van der Waals surface area contributed by atoms with Gasteiger partial charge in [0.15, 0.2) is 0 Å². The van der Waals surface area contributed by atoms with Gasteiger partial charge >= 0.3 is 12.0 Å². The summed E-state index contributed by atoms with van der Waals surface area (Å²) in [6.07, 6.45) is 2.12. The number of ether oxygens (including phenoxy) is 3. The first-order chi connectivity index (χ1) is 25.9. The highest BCUT2D eigenvalue weighted by molar-refractivity contribution is 6.05. The summed E-state index contributed by atoms with van der Waals surface area (Å²) in [6, 6.07) is 20.5. The summed E-state index contributed by atoms with van der Waals surface area (Å²) in [5, 5.41) is 6.17. The first-order valence-electron chi connectivity index (χ1n) is 18.0. The Bertz CT molecular complexity index is 1930. The Morgan fingerprint density at radius 3 is 2.11 bits per heavy atom. The number of nitrogens with one attached hydrogen (secondary N) is 2. The van der Waals surface area contributed by atoms with E-state index >= 15 is 0 Å². The average molecular weight is 737 g/mol. The van der Waals surface area contributed by atoms with Crippen LogP contribution in [0.1, 0.15) is 45.2 Å². The van der Waals surface area contributed by atoms with Crippen molar-refractivity contribution in [3.8, 4) is 11.5 Å². The zero-order chi connectivity index (χ0) is 38.4. The van der Waals surface area contributed by atoms with Crippen molar-refractivity contribution in [1.82, 2.24) is 14.9 Å². The van der Waals surface area contributed by atoms with Gasteiger partial charge in [0.1, 0.15) is 22.9 Å². The molecule has 3 aromatic carbocycles. The molecule has 0 atom stereocenters. The second-order valence-electron chi connectivity index (χ2n) is 14.2. The molecule has 2 N–H and O–H groups in total. The molecule has 3 heterocycles. The SMILES string of the molecule is CCC(=O)Nc1ccc(CN2C(=O)N(c3cc(OC)cc(OC)c3)Cc3cnc(Nc4ccc(N5CCN(CC(=O)OC(C)(C)C)CC5)cc4)nc32)cc1. The third-order valence-electron chi connectivity index (χ3n) is 9.07. The molecule has 14 nitrogen and oxygen atoms in total. The van der Waals surface area contributed by atoms with Crippen molar-refractivity contribution in [3.05, 3.63) is 84.1 Å². The molecule has 0 spiro atoms. The van der Waals surface area contributed by atoms with Gasteiger partial charge in [-0.05, 0) is 62.7 Å². The number of fused-ring (bicyclic) bond motifs is 1. The minimum absolute atomic E-state index is 0.0754. The molecule has 54 heavy (non-hydrogen) atoms. The van der Waals surface area contributed by atoms with Crippen LogP contribution in [0.4, 0.5) is 39.3 Å². The minimum Gasteiger partial charge on any atom is -0.497 e. The van der Waals surface area contributed by atoms with Crippen molar-refractivity contribution in [1.29, 1.82) is 0 Å². The number of amides is 3. The van der Waals surface area contributed by atoms with E-state index in [0.29, 0.717) is 41.1 Å². The monoisotopic (exact) mass is 736 g/mol. The molecule has 1 fully saturated rings. The van der Waals surface area contributed by atoms with E-state index < -0.39 is 5.60 Å². The van der Waals surface area contributed by atoms with Gasteiger partial charge in [-0.25, -0.2) is 9.78 Å². The number of hydrogen-bond acceptors (Lipinski definition) is 11. The van der Waals surface area contributed by atoms with Gasteiger partial charge in [-0.1, -0.05) is 19.1 Å². The second-order valence-corrected chi connectivity index (χ2v) is 14.2. The molecule has 1 saturated heterocycles. The fourth-order valence-electron chi connectivity index (χ4n) is 6.30. The maximum atomic E-state index is 14.3. The number of esters is 1. The summed E-state index contributed by atoms with van der Waals surface area (Å²) < 4.78 is 16.5. The fraction of sp³-hybridized carbons (Fsp3) is 0.375. The Morgan fingerprint density at radius 1 is 0.852 bits per heavy atom. The van der Waals surface area contributed by atoms with Crippen molar-refractivity contribution in [2.45, 2.75) is 52.8 Å². The van der Waals surface area contributed by atoms with Crippen LogP contribution in [-0.2, 0) is 27.4 Å². The number of carbonyl (C=O) groups is 3. The predicted molar refractivity (Wildman–Crippen MR) is 209 cm³/mol. The third-order valence-corrected chi connectivity index (χ3v) is 9.07. The van der Waals surface area contributed by atoms with Gasteiger partial charge in [-0.3, -0.25) is 24.3 Å². The van der Waals surface area contributed by atoms with E-state index in [9.17, 15) is 14.4 Å². The molecule has 0 bridgehead atoms. The number of benzene rings is 3. The van der Waals surface area contributed by atoms with E-state index in [4.69, 9.17) is 19.2 Å². The van der Waals surface area contributed by atoms with E-state index in [-0.39, 0.29) is 37.5 Å². The molecule has 0 radical (unpaired) electrons. The number of hydrogen-bond donors (Lipinski definition) is 2. The predicted octanol–water partition coefficient (Wildman–Crippen LogP) is 6.20. The molecule has 1 aromatic heterocycles. The maximum absolute atomic E-state index is 14.3. The Hall–Kier alpha value is -5.89. The summed E-state index contributed by atoms with van der Waals surface area (Å²) in [4.78, 5) is 55.7. The standard InChI is InChI=1S/C40H48N8O6/c1-7-35(49)42-29-10-8-27(9-11-29)24-48-37-28(25-47(39(48)51)32-20-33(52-5)22-34(21-32)53-6)23-41-38(44-37)43-30-12-14-31(15-13-30)46-18-16-45(17-19-46)26-36(50)54-40(2,3)4/h8-15,20-23H,7,16-19,24-26H2,1-6H3,(H,42,49)(H,41,43,44). The molecule has 2 aliphatic rings. The van der Waals surface area contributed by atoms with E-state index in [1.54, 1.807) is 55.3 Å². The smallest absolute Gasteiger partial charge is 0.330 e. The maximum Gasteiger partial charge on any atom is 0.330 e. The first kappa shape index (κ1) is 37.9. The van der Waals surface area contributed by atoms with Crippen molar-refractivity contribution >= 4 is 52.4 Å². The largest absolute Gasteiger partial charge is 0.497 e. The zero-order valence-corrected chi connectivity index (χ0v) is 31.7. The number of aromatic nitrogens is 2. The normalized spacial score (nSPS) is 14.7. The van der Waals surface area contributed by atoms with Crippen molar-refractivity contribution in [2.75, 3.05) is 72.3 Å². The highest BCUT2D eigenvalue weighted by atomic mass is 16.6. The topological polar surface area (TPSA) is 142 Å². The lowest BCUT2D eigenvalue weighted by atomic mass is 10.1. The quantitative estimate of drug-likeness (QED) is 0.161. The van der Waals surface area contributed by atoms with Crippen LogP contribution in [0.2, 0.25) is 0 Å². The van der Waals surface area contributed by atoms with Gasteiger partial charge in [-0.2, -0.15) is 4.98 Å². The number of nitrogens with zero attached hydrogens (tertiary/aromatic N) is 6. The lowest BCUT2D eigenvalue weighted by Gasteiger charge is -2.36. The second kappa shape index (κ2) is 16.4. The van der Waals surface area contributed by atoms with Gasteiger partial charge in [0.2, 0.25) is 11.9 Å². The highest BCUT2D eigenvalue weighted by Crippen LogP contribution is 2.36. The number of anilines is 6. The van der Waals surface area contributed by atoms with Crippen LogP contribution in [-0.4, -0.2) is 85.3 Å². The van der Waals surface area contributed by atoms with Crippen molar-refractivity contribution < 1.29 is 28.6 Å². The molecule has 0 unspecified atom stereocenters. The van der Waals surface area contributed by atoms with Crippen LogP contribution in [0.3, 0.4) is 0 Å². The van der Waals surface area contributed by atoms with Crippen LogP contribution in [0.15, 0.2) is 72.9 Å². The molecule has 6 rings (SSSR count). The van der Waals surface area contributed by atoms with Gasteiger partial charge in [-0.15, -0.1) is 0 Å². The fourth-order valence-corrected chi connectivity index (χ4v) is 6.30. The summed E-state index contributed by atoms with van der Waals surface area (Å²) in [6.45, 7) is 11.3. The molecule has 14 heteroatoms. The molecule has 284 valence electrons. The number of rotatable bonds is 12. The van der Waals surface area contributed by atoms with Gasteiger partial charge < -0.3 is 29.7 Å². The Balaban J connectivity index is 1.19. The van der Waals surface area contributed by atoms with Crippen LogP contribution in [0, 0.1) is 0 Å². The average Bonchev–Trinajstić information content (AvgIpc) is 3.16. The summed E-state index contributed by atoms with van der Waals surface area (Å²) in [5.41, 5.74) is 4.28. The third kappa shape index (κ3) is 9.36. The van der Waals surface area contributed by atoms with E-state index in [0.717, 1.165) is 48.7 Å². The molecular formula is C40H48N8O6. The lowest BCUT2D eigenvalue weighted by Crippen LogP contribution is -2.48. The van der Waals surface area contributed by atoms with Crippen molar-refractivity contribution in [3.63, 3.8) is 0 Å². The van der Waals surface area contributed by atoms with E-state index in [1.165, 1.54) is 0 Å².